The fraction of sp³-hybridized carbons (Fsp3) is 0.600. The first-order valence-corrected chi connectivity index (χ1v) is 9.33. The summed E-state index contributed by atoms with van der Waals surface area (Å²) < 4.78 is 7.32. The lowest BCUT2D eigenvalue weighted by Gasteiger charge is -2.36. The molecule has 142 valence electrons. The van der Waals surface area contributed by atoms with Crippen molar-refractivity contribution in [3.05, 3.63) is 41.5 Å². The van der Waals surface area contributed by atoms with Gasteiger partial charge in [-0.2, -0.15) is 0 Å². The lowest BCUT2D eigenvalue weighted by molar-refractivity contribution is -0.0263. The molecule has 0 unspecified atom stereocenters. The Kier molecular flexibility index (Phi) is 5.34. The molecule has 6 heteroatoms. The predicted octanol–water partition coefficient (Wildman–Crippen LogP) is 2.82. The molecule has 6 nitrogen and oxygen atoms in total. The number of ether oxygens (including phenoxy) is 1. The number of aliphatic hydroxyl groups is 1. The van der Waals surface area contributed by atoms with Crippen LogP contribution in [0.3, 0.4) is 0 Å². The molecule has 0 radical (unpaired) electrons. The van der Waals surface area contributed by atoms with Crippen LogP contribution in [0.15, 0.2) is 24.3 Å². The van der Waals surface area contributed by atoms with Crippen molar-refractivity contribution >= 4 is 0 Å². The Labute approximate surface area is 155 Å². The largest absolute Gasteiger partial charge is 0.497 e. The van der Waals surface area contributed by atoms with Crippen LogP contribution in [-0.4, -0.2) is 44.5 Å². The molecule has 1 aliphatic rings. The molecule has 3 rings (SSSR count). The third-order valence-corrected chi connectivity index (χ3v) is 5.55. The Bertz CT molecular complexity index is 737. The molecule has 1 aliphatic heterocycles. The SMILES string of the molecule is COc1ccc([C@](C)(O)[C@@H]2CCCN2Cc2nnc(C(C)C)n2C)cc1. The first-order chi connectivity index (χ1) is 12.3. The molecular formula is C20H30N4O2. The molecule has 1 aromatic heterocycles. The summed E-state index contributed by atoms with van der Waals surface area (Å²) in [5.41, 5.74) is -0.0153. The molecule has 0 amide bonds. The highest BCUT2D eigenvalue weighted by molar-refractivity contribution is 5.31. The number of rotatable bonds is 6. The number of nitrogens with zero attached hydrogens (tertiary/aromatic N) is 4. The van der Waals surface area contributed by atoms with Crippen molar-refractivity contribution in [1.82, 2.24) is 19.7 Å². The van der Waals surface area contributed by atoms with Gasteiger partial charge < -0.3 is 14.4 Å². The first-order valence-electron chi connectivity index (χ1n) is 9.33. The van der Waals surface area contributed by atoms with E-state index >= 15 is 0 Å². The second-order valence-corrected chi connectivity index (χ2v) is 7.69. The molecule has 0 aliphatic carbocycles. The summed E-state index contributed by atoms with van der Waals surface area (Å²) in [6.07, 6.45) is 2.04. The molecule has 1 N–H and O–H groups in total. The van der Waals surface area contributed by atoms with Gasteiger partial charge in [0.15, 0.2) is 0 Å². The van der Waals surface area contributed by atoms with Gasteiger partial charge in [-0.15, -0.1) is 10.2 Å². The summed E-state index contributed by atoms with van der Waals surface area (Å²) in [6.45, 7) is 7.82. The summed E-state index contributed by atoms with van der Waals surface area (Å²) in [7, 11) is 3.68. The van der Waals surface area contributed by atoms with Crippen molar-refractivity contribution in [1.29, 1.82) is 0 Å². The van der Waals surface area contributed by atoms with E-state index in [0.717, 1.165) is 42.3 Å². The quantitative estimate of drug-likeness (QED) is 0.860. The molecule has 1 aromatic carbocycles. The van der Waals surface area contributed by atoms with Crippen LogP contribution in [0.1, 0.15) is 56.7 Å². The minimum atomic E-state index is -0.928. The van der Waals surface area contributed by atoms with Gasteiger partial charge in [0.25, 0.3) is 0 Å². The van der Waals surface area contributed by atoms with Crippen LogP contribution in [0, 0.1) is 0 Å². The fourth-order valence-corrected chi connectivity index (χ4v) is 3.97. The number of aromatic nitrogens is 3. The van der Waals surface area contributed by atoms with E-state index in [1.165, 1.54) is 0 Å². The summed E-state index contributed by atoms with van der Waals surface area (Å²) >= 11 is 0. The van der Waals surface area contributed by atoms with E-state index in [0.29, 0.717) is 12.5 Å². The van der Waals surface area contributed by atoms with Gasteiger partial charge >= 0.3 is 0 Å². The summed E-state index contributed by atoms with van der Waals surface area (Å²) in [5, 5.41) is 20.1. The standard InChI is InChI=1S/C20H30N4O2/c1-14(2)19-22-21-18(23(19)4)13-24-12-6-7-17(24)20(3,25)15-8-10-16(26-5)11-9-15/h8-11,14,17,25H,6-7,12-13H2,1-5H3/t17-,20-/m0/s1. The Morgan fingerprint density at radius 1 is 1.27 bits per heavy atom. The molecule has 1 saturated heterocycles. The van der Waals surface area contributed by atoms with Gasteiger partial charge in [0.05, 0.1) is 13.7 Å². The highest BCUT2D eigenvalue weighted by Crippen LogP contribution is 2.36. The molecule has 0 bridgehead atoms. The van der Waals surface area contributed by atoms with Crippen molar-refractivity contribution < 1.29 is 9.84 Å². The average Bonchev–Trinajstić information content (AvgIpc) is 3.23. The number of hydrogen-bond acceptors (Lipinski definition) is 5. The van der Waals surface area contributed by atoms with Crippen LogP contribution in [0.2, 0.25) is 0 Å². The zero-order valence-electron chi connectivity index (χ0n) is 16.4. The maximum absolute atomic E-state index is 11.3. The third kappa shape index (κ3) is 3.48. The van der Waals surface area contributed by atoms with Crippen molar-refractivity contribution in [3.63, 3.8) is 0 Å². The summed E-state index contributed by atoms with van der Waals surface area (Å²) in [6, 6.07) is 7.76. The predicted molar refractivity (Wildman–Crippen MR) is 101 cm³/mol. The van der Waals surface area contributed by atoms with Crippen LogP contribution >= 0.6 is 0 Å². The van der Waals surface area contributed by atoms with Gasteiger partial charge in [-0.3, -0.25) is 4.90 Å². The lowest BCUT2D eigenvalue weighted by Crippen LogP contribution is -2.45. The van der Waals surface area contributed by atoms with Gasteiger partial charge in [-0.05, 0) is 44.0 Å². The van der Waals surface area contributed by atoms with Crippen LogP contribution in [0.25, 0.3) is 0 Å². The topological polar surface area (TPSA) is 63.4 Å². The highest BCUT2D eigenvalue weighted by atomic mass is 16.5. The van der Waals surface area contributed by atoms with Crippen LogP contribution in [0.5, 0.6) is 5.75 Å². The lowest BCUT2D eigenvalue weighted by atomic mass is 9.86. The monoisotopic (exact) mass is 358 g/mol. The van der Waals surface area contributed by atoms with Gasteiger partial charge in [-0.25, -0.2) is 0 Å². The molecule has 2 heterocycles. The minimum Gasteiger partial charge on any atom is -0.497 e. The second-order valence-electron chi connectivity index (χ2n) is 7.69. The minimum absolute atomic E-state index is 0.0510. The molecular weight excluding hydrogens is 328 g/mol. The van der Waals surface area contributed by atoms with E-state index in [4.69, 9.17) is 4.74 Å². The van der Waals surface area contributed by atoms with Crippen LogP contribution < -0.4 is 4.74 Å². The maximum Gasteiger partial charge on any atom is 0.146 e. The number of benzene rings is 1. The van der Waals surface area contributed by atoms with Gasteiger partial charge in [0.1, 0.15) is 23.0 Å². The highest BCUT2D eigenvalue weighted by Gasteiger charge is 2.41. The molecule has 26 heavy (non-hydrogen) atoms. The molecule has 0 saturated carbocycles. The third-order valence-electron chi connectivity index (χ3n) is 5.55. The van der Waals surface area contributed by atoms with E-state index in [1.54, 1.807) is 7.11 Å². The zero-order valence-corrected chi connectivity index (χ0v) is 16.4. The van der Waals surface area contributed by atoms with Crippen molar-refractivity contribution in [3.8, 4) is 5.75 Å². The first kappa shape index (κ1) is 18.9. The van der Waals surface area contributed by atoms with E-state index < -0.39 is 5.60 Å². The zero-order chi connectivity index (χ0) is 18.9. The number of methoxy groups -OCH3 is 1. The molecule has 0 spiro atoms. The number of hydrogen-bond donors (Lipinski definition) is 1. The van der Waals surface area contributed by atoms with Crippen LogP contribution in [0.4, 0.5) is 0 Å². The Morgan fingerprint density at radius 2 is 1.96 bits per heavy atom. The Balaban J connectivity index is 1.80. The van der Waals surface area contributed by atoms with E-state index in [9.17, 15) is 5.11 Å². The molecule has 2 aromatic rings. The summed E-state index contributed by atoms with van der Waals surface area (Å²) in [4.78, 5) is 2.33. The van der Waals surface area contributed by atoms with E-state index in [2.05, 4.69) is 33.5 Å². The Hall–Kier alpha value is -1.92. The van der Waals surface area contributed by atoms with Crippen LogP contribution in [-0.2, 0) is 19.2 Å². The smallest absolute Gasteiger partial charge is 0.146 e. The summed E-state index contributed by atoms with van der Waals surface area (Å²) in [5.74, 6) is 3.09. The van der Waals surface area contributed by atoms with E-state index in [-0.39, 0.29) is 6.04 Å². The molecule has 2 atom stereocenters. The van der Waals surface area contributed by atoms with Gasteiger partial charge in [-0.1, -0.05) is 26.0 Å². The van der Waals surface area contributed by atoms with Crippen molar-refractivity contribution in [2.45, 2.75) is 57.7 Å². The molecule has 1 fully saturated rings. The average molecular weight is 358 g/mol. The van der Waals surface area contributed by atoms with Gasteiger partial charge in [0.2, 0.25) is 0 Å². The van der Waals surface area contributed by atoms with Crippen molar-refractivity contribution in [2.75, 3.05) is 13.7 Å². The van der Waals surface area contributed by atoms with Crippen molar-refractivity contribution in [2.24, 2.45) is 7.05 Å². The Morgan fingerprint density at radius 3 is 2.54 bits per heavy atom. The normalized spacial score (nSPS) is 20.5. The number of likely N-dealkylation sites (tertiary alicyclic amines) is 1. The fourth-order valence-electron chi connectivity index (χ4n) is 3.97. The maximum atomic E-state index is 11.3. The van der Waals surface area contributed by atoms with E-state index in [1.807, 2.05) is 38.2 Å². The second kappa shape index (κ2) is 7.37. The van der Waals surface area contributed by atoms with Gasteiger partial charge in [0, 0.05) is 19.0 Å².